The zero-order valence-electron chi connectivity index (χ0n) is 15.4. The minimum absolute atomic E-state index is 0.122. The van der Waals surface area contributed by atoms with E-state index in [0.29, 0.717) is 11.3 Å². The Morgan fingerprint density at radius 1 is 1.19 bits per heavy atom. The van der Waals surface area contributed by atoms with Gasteiger partial charge >= 0.3 is 0 Å². The molecule has 3 rings (SSSR count). The zero-order chi connectivity index (χ0) is 19.1. The molecule has 2 aromatic rings. The molecule has 0 spiro atoms. The van der Waals surface area contributed by atoms with Crippen LogP contribution in [0.2, 0.25) is 0 Å². The first-order chi connectivity index (χ1) is 12.2. The molecule has 1 aromatic heterocycles. The summed E-state index contributed by atoms with van der Waals surface area (Å²) in [5.74, 6) is -1.32. The van der Waals surface area contributed by atoms with Crippen molar-refractivity contribution in [3.63, 3.8) is 0 Å². The highest BCUT2D eigenvalue weighted by Gasteiger charge is 2.46. The minimum Gasteiger partial charge on any atom is -0.503 e. The third-order valence-electron chi connectivity index (χ3n) is 4.41. The Labute approximate surface area is 153 Å². The van der Waals surface area contributed by atoms with Gasteiger partial charge in [0.1, 0.15) is 0 Å². The molecule has 1 unspecified atom stereocenters. The van der Waals surface area contributed by atoms with Gasteiger partial charge in [-0.15, -0.1) is 0 Å². The number of carbonyl (C=O) groups excluding carboxylic acids is 2. The Hall–Kier alpha value is -2.95. The smallest absolute Gasteiger partial charge is 0.294 e. The van der Waals surface area contributed by atoms with E-state index in [-0.39, 0.29) is 11.4 Å². The van der Waals surface area contributed by atoms with Crippen molar-refractivity contribution in [1.29, 1.82) is 0 Å². The van der Waals surface area contributed by atoms with Crippen molar-refractivity contribution in [2.24, 2.45) is 5.41 Å². The quantitative estimate of drug-likeness (QED) is 0.911. The molecule has 1 atom stereocenters. The first-order valence-electron chi connectivity index (χ1n) is 8.50. The summed E-state index contributed by atoms with van der Waals surface area (Å²) in [5, 5.41) is 10.6. The van der Waals surface area contributed by atoms with Gasteiger partial charge in [-0.3, -0.25) is 19.5 Å². The van der Waals surface area contributed by atoms with Crippen LogP contribution in [0.5, 0.6) is 0 Å². The standard InChI is InChI=1S/C21H22N2O3/c1-13-7-5-9-15(11-13)23-17(14-8-6-10-22-12-14)16(18(24)20(23)26)19(25)21(2,3)4/h5-12,17,24H,1-4H3. The van der Waals surface area contributed by atoms with Gasteiger partial charge in [0.15, 0.2) is 11.5 Å². The van der Waals surface area contributed by atoms with Crippen molar-refractivity contribution in [3.8, 4) is 0 Å². The molecule has 0 bridgehead atoms. The number of aliphatic hydroxyl groups excluding tert-OH is 1. The number of pyridine rings is 1. The lowest BCUT2D eigenvalue weighted by Gasteiger charge is -2.28. The third kappa shape index (κ3) is 3.01. The fourth-order valence-corrected chi connectivity index (χ4v) is 3.14. The van der Waals surface area contributed by atoms with Gasteiger partial charge < -0.3 is 5.11 Å². The van der Waals surface area contributed by atoms with Crippen molar-refractivity contribution in [3.05, 3.63) is 71.3 Å². The van der Waals surface area contributed by atoms with Crippen LogP contribution in [-0.2, 0) is 9.59 Å². The van der Waals surface area contributed by atoms with E-state index in [1.165, 1.54) is 4.90 Å². The van der Waals surface area contributed by atoms with Crippen molar-refractivity contribution >= 4 is 17.4 Å². The third-order valence-corrected chi connectivity index (χ3v) is 4.41. The lowest BCUT2D eigenvalue weighted by Crippen LogP contribution is -2.32. The molecule has 5 nitrogen and oxygen atoms in total. The van der Waals surface area contributed by atoms with Gasteiger partial charge in [-0.1, -0.05) is 39.0 Å². The first kappa shape index (κ1) is 17.9. The van der Waals surface area contributed by atoms with Gasteiger partial charge in [0.2, 0.25) is 0 Å². The summed E-state index contributed by atoms with van der Waals surface area (Å²) in [5.41, 5.74) is 1.69. The SMILES string of the molecule is Cc1cccc(N2C(=O)C(O)=C(C(=O)C(C)(C)C)C2c2cccnc2)c1. The van der Waals surface area contributed by atoms with Crippen molar-refractivity contribution in [2.75, 3.05) is 4.90 Å². The molecule has 1 aromatic carbocycles. The van der Waals surface area contributed by atoms with E-state index in [1.54, 1.807) is 45.3 Å². The van der Waals surface area contributed by atoms with Crippen LogP contribution in [0.25, 0.3) is 0 Å². The maximum absolute atomic E-state index is 13.0. The van der Waals surface area contributed by atoms with E-state index in [1.807, 2.05) is 31.2 Å². The fraction of sp³-hybridized carbons (Fsp3) is 0.286. The number of hydrogen-bond donors (Lipinski definition) is 1. The van der Waals surface area contributed by atoms with Gasteiger partial charge in [-0.2, -0.15) is 0 Å². The lowest BCUT2D eigenvalue weighted by atomic mass is 9.82. The average molecular weight is 350 g/mol. The minimum atomic E-state index is -0.729. The summed E-state index contributed by atoms with van der Waals surface area (Å²) in [6.07, 6.45) is 3.25. The average Bonchev–Trinajstić information content (AvgIpc) is 2.85. The van der Waals surface area contributed by atoms with E-state index in [4.69, 9.17) is 0 Å². The molecule has 1 aliphatic heterocycles. The summed E-state index contributed by atoms with van der Waals surface area (Å²) in [6.45, 7) is 7.25. The van der Waals surface area contributed by atoms with Crippen molar-refractivity contribution in [2.45, 2.75) is 33.7 Å². The molecule has 1 aliphatic rings. The number of benzene rings is 1. The molecular formula is C21H22N2O3. The summed E-state index contributed by atoms with van der Waals surface area (Å²) in [6, 6.07) is 10.3. The van der Waals surface area contributed by atoms with Gasteiger partial charge in [-0.05, 0) is 36.2 Å². The largest absolute Gasteiger partial charge is 0.503 e. The number of aromatic nitrogens is 1. The molecule has 0 saturated carbocycles. The number of Topliss-reactive ketones (excluding diaryl/α,β-unsaturated/α-hetero) is 1. The predicted molar refractivity (Wildman–Crippen MR) is 99.8 cm³/mol. The highest BCUT2D eigenvalue weighted by molar-refractivity contribution is 6.17. The monoisotopic (exact) mass is 350 g/mol. The number of amides is 1. The van der Waals surface area contributed by atoms with Crippen LogP contribution in [0, 0.1) is 12.3 Å². The molecule has 0 fully saturated rings. The van der Waals surface area contributed by atoms with Gasteiger partial charge in [0.25, 0.3) is 5.91 Å². The van der Waals surface area contributed by atoms with Crippen molar-refractivity contribution in [1.82, 2.24) is 4.98 Å². The number of hydrogen-bond acceptors (Lipinski definition) is 4. The molecule has 2 heterocycles. The Morgan fingerprint density at radius 2 is 1.92 bits per heavy atom. The molecular weight excluding hydrogens is 328 g/mol. The Bertz CT molecular complexity index is 895. The molecule has 0 radical (unpaired) electrons. The van der Waals surface area contributed by atoms with E-state index in [0.717, 1.165) is 5.56 Å². The first-order valence-corrected chi connectivity index (χ1v) is 8.50. The molecule has 1 N–H and O–H groups in total. The van der Waals surface area contributed by atoms with Gasteiger partial charge in [0, 0.05) is 23.5 Å². The molecule has 1 amide bonds. The molecule has 134 valence electrons. The Kier molecular flexibility index (Phi) is 4.40. The zero-order valence-corrected chi connectivity index (χ0v) is 15.4. The summed E-state index contributed by atoms with van der Waals surface area (Å²) >= 11 is 0. The Balaban J connectivity index is 2.21. The lowest BCUT2D eigenvalue weighted by molar-refractivity contribution is -0.123. The van der Waals surface area contributed by atoms with Crippen LogP contribution in [0.1, 0.15) is 37.9 Å². The van der Waals surface area contributed by atoms with Crippen molar-refractivity contribution < 1.29 is 14.7 Å². The predicted octanol–water partition coefficient (Wildman–Crippen LogP) is 3.91. The van der Waals surface area contributed by atoms with Crippen LogP contribution >= 0.6 is 0 Å². The highest BCUT2D eigenvalue weighted by Crippen LogP contribution is 2.43. The van der Waals surface area contributed by atoms with E-state index in [2.05, 4.69) is 4.98 Å². The van der Waals surface area contributed by atoms with E-state index in [9.17, 15) is 14.7 Å². The highest BCUT2D eigenvalue weighted by atomic mass is 16.3. The van der Waals surface area contributed by atoms with Crippen LogP contribution < -0.4 is 4.90 Å². The van der Waals surface area contributed by atoms with Crippen LogP contribution in [0.15, 0.2) is 60.1 Å². The number of aryl methyl sites for hydroxylation is 1. The van der Waals surface area contributed by atoms with Crippen LogP contribution in [-0.4, -0.2) is 21.8 Å². The van der Waals surface area contributed by atoms with Gasteiger partial charge in [0.05, 0.1) is 11.6 Å². The summed E-state index contributed by atoms with van der Waals surface area (Å²) < 4.78 is 0. The number of ketones is 1. The normalized spacial score (nSPS) is 17.8. The van der Waals surface area contributed by atoms with Gasteiger partial charge in [-0.25, -0.2) is 0 Å². The summed E-state index contributed by atoms with van der Waals surface area (Å²) in [7, 11) is 0. The topological polar surface area (TPSA) is 70.5 Å². The second-order valence-corrected chi connectivity index (χ2v) is 7.54. The number of aliphatic hydroxyl groups is 1. The molecule has 0 saturated heterocycles. The second kappa shape index (κ2) is 6.41. The number of nitrogens with zero attached hydrogens (tertiary/aromatic N) is 2. The van der Waals surface area contributed by atoms with E-state index < -0.39 is 23.1 Å². The number of rotatable bonds is 3. The maximum atomic E-state index is 13.0. The fourth-order valence-electron chi connectivity index (χ4n) is 3.14. The Morgan fingerprint density at radius 3 is 2.50 bits per heavy atom. The number of anilines is 1. The van der Waals surface area contributed by atoms with E-state index >= 15 is 0 Å². The van der Waals surface area contributed by atoms with Crippen LogP contribution in [0.3, 0.4) is 0 Å². The molecule has 0 aliphatic carbocycles. The van der Waals surface area contributed by atoms with Crippen LogP contribution in [0.4, 0.5) is 5.69 Å². The summed E-state index contributed by atoms with van der Waals surface area (Å²) in [4.78, 5) is 31.5. The molecule has 5 heteroatoms. The molecule has 26 heavy (non-hydrogen) atoms. The maximum Gasteiger partial charge on any atom is 0.294 e. The second-order valence-electron chi connectivity index (χ2n) is 7.54. The number of carbonyl (C=O) groups is 2.